The van der Waals surface area contributed by atoms with E-state index in [1.54, 1.807) is 0 Å². The second-order valence-electron chi connectivity index (χ2n) is 7.24. The number of aryl methyl sites for hydroxylation is 4. The highest BCUT2D eigenvalue weighted by atomic mass is 31.2. The fraction of sp³-hybridized carbons (Fsp3) is 0.440. The van der Waals surface area contributed by atoms with Crippen LogP contribution in [0.1, 0.15) is 62.8 Å². The Labute approximate surface area is 171 Å². The highest BCUT2D eigenvalue weighted by molar-refractivity contribution is 7.67. The Hall–Kier alpha value is -1.79. The topological polar surface area (TPSA) is 26.3 Å². The van der Waals surface area contributed by atoms with E-state index in [2.05, 4.69) is 58.5 Å². The van der Waals surface area contributed by atoms with Gasteiger partial charge in [-0.05, 0) is 72.9 Å². The lowest BCUT2D eigenvalue weighted by atomic mass is 10.1. The van der Waals surface area contributed by atoms with Crippen LogP contribution in [0.15, 0.2) is 49.1 Å². The number of allylic oxidation sites excluding steroid dienone is 1. The molecule has 0 bridgehead atoms. The van der Waals surface area contributed by atoms with E-state index in [0.29, 0.717) is 6.16 Å². The van der Waals surface area contributed by atoms with Gasteiger partial charge in [0.25, 0.3) is 7.37 Å². The zero-order valence-electron chi connectivity index (χ0n) is 18.0. The molecule has 3 heteroatoms. The first-order valence-corrected chi connectivity index (χ1v) is 12.5. The van der Waals surface area contributed by atoms with Gasteiger partial charge < -0.3 is 4.52 Å². The quantitative estimate of drug-likeness (QED) is 0.234. The summed E-state index contributed by atoms with van der Waals surface area (Å²) >= 11 is 0. The third-order valence-corrected chi connectivity index (χ3v) is 7.89. The highest BCUT2D eigenvalue weighted by Gasteiger charge is 2.30. The summed E-state index contributed by atoms with van der Waals surface area (Å²) in [7, 11) is -3.02. The van der Waals surface area contributed by atoms with Crippen molar-refractivity contribution < 1.29 is 9.09 Å². The smallest absolute Gasteiger partial charge is 0.277 e. The zero-order valence-corrected chi connectivity index (χ0v) is 18.9. The third kappa shape index (κ3) is 5.39. The molecule has 2 nitrogen and oxygen atoms in total. The first-order valence-electron chi connectivity index (χ1n) is 10.6. The van der Waals surface area contributed by atoms with Gasteiger partial charge in [0.15, 0.2) is 0 Å². The summed E-state index contributed by atoms with van der Waals surface area (Å²) in [6.45, 7) is 12.4. The molecule has 0 saturated heterocycles. The van der Waals surface area contributed by atoms with Crippen LogP contribution in [0.3, 0.4) is 0 Å². The molecule has 2 aromatic rings. The van der Waals surface area contributed by atoms with Crippen molar-refractivity contribution in [1.29, 1.82) is 0 Å². The molecule has 0 aromatic heterocycles. The zero-order chi connectivity index (χ0) is 20.6. The molecule has 1 unspecified atom stereocenters. The maximum absolute atomic E-state index is 14.2. The van der Waals surface area contributed by atoms with Crippen LogP contribution in [0, 0.1) is 0 Å². The Kier molecular flexibility index (Phi) is 8.58. The minimum absolute atomic E-state index is 0.538. The molecule has 2 rings (SSSR count). The van der Waals surface area contributed by atoms with E-state index in [1.165, 1.54) is 11.1 Å². The molecule has 2 aromatic carbocycles. The second kappa shape index (κ2) is 10.7. The molecule has 0 aliphatic heterocycles. The molecule has 0 heterocycles. The molecule has 0 saturated carbocycles. The number of hydrogen-bond donors (Lipinski definition) is 0. The van der Waals surface area contributed by atoms with Gasteiger partial charge >= 0.3 is 0 Å². The van der Waals surface area contributed by atoms with Gasteiger partial charge in [-0.25, -0.2) is 0 Å². The largest absolute Gasteiger partial charge is 0.440 e. The molecule has 0 amide bonds. The molecule has 0 N–H and O–H groups in total. The number of hydrogen-bond acceptors (Lipinski definition) is 2. The first kappa shape index (κ1) is 22.5. The van der Waals surface area contributed by atoms with Crippen molar-refractivity contribution in [2.24, 2.45) is 0 Å². The Morgan fingerprint density at radius 3 is 2.07 bits per heavy atom. The molecule has 0 fully saturated rings. The fourth-order valence-corrected chi connectivity index (χ4v) is 6.00. The van der Waals surface area contributed by atoms with Gasteiger partial charge in [-0.3, -0.25) is 4.57 Å². The molecule has 0 aliphatic carbocycles. The minimum Gasteiger partial charge on any atom is -0.440 e. The van der Waals surface area contributed by atoms with Crippen LogP contribution < -0.4 is 9.83 Å². The Balaban J connectivity index is 2.50. The Morgan fingerprint density at radius 2 is 1.50 bits per heavy atom. The molecule has 0 spiro atoms. The average Bonchev–Trinajstić information content (AvgIpc) is 2.73. The Morgan fingerprint density at radius 1 is 0.893 bits per heavy atom. The maximum atomic E-state index is 14.2. The predicted octanol–water partition coefficient (Wildman–Crippen LogP) is 6.88. The number of unbranched alkanes of at least 4 members (excludes halogenated alkanes) is 1. The van der Waals surface area contributed by atoms with Crippen molar-refractivity contribution in [2.45, 2.75) is 66.2 Å². The first-order chi connectivity index (χ1) is 13.5. The highest BCUT2D eigenvalue weighted by Crippen LogP contribution is 2.49. The second-order valence-corrected chi connectivity index (χ2v) is 9.70. The lowest BCUT2D eigenvalue weighted by molar-refractivity contribution is 0.487. The molecule has 0 radical (unpaired) electrons. The summed E-state index contributed by atoms with van der Waals surface area (Å²) in [6.07, 6.45) is 7.77. The van der Waals surface area contributed by atoms with Crippen LogP contribution >= 0.6 is 7.37 Å². The van der Waals surface area contributed by atoms with E-state index in [0.717, 1.165) is 60.7 Å². The van der Waals surface area contributed by atoms with Crippen LogP contribution in [-0.2, 0) is 30.2 Å². The molecule has 28 heavy (non-hydrogen) atoms. The monoisotopic (exact) mass is 398 g/mol. The van der Waals surface area contributed by atoms with Crippen LogP contribution in [0.5, 0.6) is 5.75 Å². The van der Waals surface area contributed by atoms with Crippen LogP contribution in [-0.4, -0.2) is 6.16 Å². The van der Waals surface area contributed by atoms with E-state index < -0.39 is 7.37 Å². The summed E-state index contributed by atoms with van der Waals surface area (Å²) in [4.78, 5) is 0. The van der Waals surface area contributed by atoms with E-state index >= 15 is 0 Å². The van der Waals surface area contributed by atoms with Gasteiger partial charge in [0.05, 0.1) is 5.30 Å². The number of benzene rings is 2. The van der Waals surface area contributed by atoms with Crippen LogP contribution in [0.4, 0.5) is 0 Å². The number of rotatable bonds is 11. The van der Waals surface area contributed by atoms with Crippen molar-refractivity contribution >= 4 is 12.7 Å². The van der Waals surface area contributed by atoms with Gasteiger partial charge in [0.2, 0.25) is 0 Å². The van der Waals surface area contributed by atoms with Crippen molar-refractivity contribution in [3.05, 3.63) is 71.3 Å². The van der Waals surface area contributed by atoms with E-state index in [1.807, 2.05) is 18.2 Å². The lowest BCUT2D eigenvalue weighted by Crippen LogP contribution is -2.18. The summed E-state index contributed by atoms with van der Waals surface area (Å²) in [5.74, 6) is 0.767. The van der Waals surface area contributed by atoms with Gasteiger partial charge in [-0.1, -0.05) is 58.0 Å². The molecular weight excluding hydrogens is 363 g/mol. The van der Waals surface area contributed by atoms with Gasteiger partial charge in [-0.15, -0.1) is 6.58 Å². The van der Waals surface area contributed by atoms with Crippen molar-refractivity contribution in [3.63, 3.8) is 0 Å². The standard InChI is InChI=1S/C25H35O2P/c1-6-11-12-17-28(26,25-16-14-21(8-3)19-23(25)10-5)27-24-15-13-20(7-2)18-22(24)9-4/h6,13-16,18-19H,1,7-12,17H2,2-5H3. The molecule has 1 atom stereocenters. The third-order valence-electron chi connectivity index (χ3n) is 5.32. The van der Waals surface area contributed by atoms with Crippen molar-refractivity contribution in [1.82, 2.24) is 0 Å². The molecular formula is C25H35O2P. The average molecular weight is 399 g/mol. The summed E-state index contributed by atoms with van der Waals surface area (Å²) in [6, 6.07) is 12.6. The fourth-order valence-electron chi connectivity index (χ4n) is 3.51. The summed E-state index contributed by atoms with van der Waals surface area (Å²) in [5.41, 5.74) is 4.84. The minimum atomic E-state index is -3.02. The van der Waals surface area contributed by atoms with Crippen LogP contribution in [0.25, 0.3) is 0 Å². The molecule has 152 valence electrons. The van der Waals surface area contributed by atoms with Crippen LogP contribution in [0.2, 0.25) is 0 Å². The van der Waals surface area contributed by atoms with Gasteiger partial charge in [0, 0.05) is 6.16 Å². The van der Waals surface area contributed by atoms with Gasteiger partial charge in [0.1, 0.15) is 5.75 Å². The summed E-state index contributed by atoms with van der Waals surface area (Å²) < 4.78 is 20.6. The normalized spacial score (nSPS) is 13.1. The van der Waals surface area contributed by atoms with Crippen molar-refractivity contribution in [3.8, 4) is 5.75 Å². The molecule has 0 aliphatic rings. The predicted molar refractivity (Wildman–Crippen MR) is 123 cm³/mol. The maximum Gasteiger partial charge on any atom is 0.277 e. The SMILES string of the molecule is C=CCCCP(=O)(Oc1ccc(CC)cc1CC)c1ccc(CC)cc1CC. The van der Waals surface area contributed by atoms with E-state index in [-0.39, 0.29) is 0 Å². The summed E-state index contributed by atoms with van der Waals surface area (Å²) in [5, 5.41) is 0.887. The van der Waals surface area contributed by atoms with Gasteiger partial charge in [-0.2, -0.15) is 0 Å². The Bertz CT molecular complexity index is 838. The van der Waals surface area contributed by atoms with E-state index in [4.69, 9.17) is 4.52 Å². The van der Waals surface area contributed by atoms with E-state index in [9.17, 15) is 4.57 Å². The van der Waals surface area contributed by atoms with Crippen molar-refractivity contribution in [2.75, 3.05) is 6.16 Å². The lowest BCUT2D eigenvalue weighted by Gasteiger charge is -2.24.